The Balaban J connectivity index is 1.67. The van der Waals surface area contributed by atoms with Crippen LogP contribution in [-0.2, 0) is 16.4 Å². The molecule has 8 heteroatoms. The number of pyridine rings is 1. The summed E-state index contributed by atoms with van der Waals surface area (Å²) in [5.41, 5.74) is 4.43. The zero-order chi connectivity index (χ0) is 22.5. The molecule has 7 nitrogen and oxygen atoms in total. The molecule has 5 rings (SSSR count). The zero-order valence-electron chi connectivity index (χ0n) is 17.7. The first-order chi connectivity index (χ1) is 15.4. The highest BCUT2D eigenvalue weighted by Gasteiger charge is 2.34. The second kappa shape index (κ2) is 7.49. The van der Waals surface area contributed by atoms with Gasteiger partial charge < -0.3 is 5.11 Å². The SMILES string of the molecule is Cc1ccc(S(=O)(=O)N2CCc3c(nn(-c4ccccc4C)c3O)-c3cccnc32)cc1. The van der Waals surface area contributed by atoms with E-state index in [4.69, 9.17) is 0 Å². The molecule has 0 unspecified atom stereocenters. The maximum Gasteiger partial charge on any atom is 0.265 e. The molecular weight excluding hydrogens is 424 g/mol. The smallest absolute Gasteiger partial charge is 0.265 e. The summed E-state index contributed by atoms with van der Waals surface area (Å²) in [6.45, 7) is 4.00. The quantitative estimate of drug-likeness (QED) is 0.514. The van der Waals surface area contributed by atoms with Gasteiger partial charge in [0.2, 0.25) is 5.88 Å². The Morgan fingerprint density at radius 2 is 1.72 bits per heavy atom. The molecule has 4 aromatic rings. The van der Waals surface area contributed by atoms with Crippen molar-refractivity contribution in [2.75, 3.05) is 10.8 Å². The van der Waals surface area contributed by atoms with E-state index in [1.54, 1.807) is 42.6 Å². The minimum absolute atomic E-state index is 0.0127. The van der Waals surface area contributed by atoms with E-state index in [1.165, 1.54) is 8.99 Å². The molecule has 1 aliphatic rings. The summed E-state index contributed by atoms with van der Waals surface area (Å²) in [6.07, 6.45) is 1.87. The third-order valence-electron chi connectivity index (χ3n) is 5.75. The number of aromatic nitrogens is 3. The highest BCUT2D eigenvalue weighted by atomic mass is 32.2. The monoisotopic (exact) mass is 446 g/mol. The van der Waals surface area contributed by atoms with Crippen LogP contribution in [0.4, 0.5) is 5.82 Å². The fourth-order valence-corrected chi connectivity index (χ4v) is 5.47. The van der Waals surface area contributed by atoms with Crippen LogP contribution >= 0.6 is 0 Å². The van der Waals surface area contributed by atoms with Gasteiger partial charge in [-0.1, -0.05) is 35.9 Å². The Hall–Kier alpha value is -3.65. The van der Waals surface area contributed by atoms with Crippen LogP contribution in [0.5, 0.6) is 5.88 Å². The van der Waals surface area contributed by atoms with Crippen LogP contribution in [0.1, 0.15) is 16.7 Å². The number of nitrogens with zero attached hydrogens (tertiary/aromatic N) is 4. The average Bonchev–Trinajstić information content (AvgIpc) is 3.00. The summed E-state index contributed by atoms with van der Waals surface area (Å²) in [4.78, 5) is 4.62. The van der Waals surface area contributed by atoms with Crippen LogP contribution in [0, 0.1) is 13.8 Å². The predicted octanol–water partition coefficient (Wildman–Crippen LogP) is 4.01. The topological polar surface area (TPSA) is 88.3 Å². The number of anilines is 1. The standard InChI is InChI=1S/C24H22N4O3S/c1-16-9-11-18(12-10-16)32(30,31)27-15-13-20-22(19-7-5-14-25-23(19)27)26-28(24(20)29)21-8-4-3-6-17(21)2/h3-12,14,29H,13,15H2,1-2H3. The van der Waals surface area contributed by atoms with Crippen molar-refractivity contribution < 1.29 is 13.5 Å². The van der Waals surface area contributed by atoms with Crippen molar-refractivity contribution in [3.05, 3.63) is 83.6 Å². The number of aryl methyl sites for hydroxylation is 2. The lowest BCUT2D eigenvalue weighted by Gasteiger charge is -2.23. The number of hydrogen-bond donors (Lipinski definition) is 1. The number of fused-ring (bicyclic) bond motifs is 3. The van der Waals surface area contributed by atoms with E-state index in [0.717, 1.165) is 16.8 Å². The molecule has 2 aromatic carbocycles. The predicted molar refractivity (Wildman–Crippen MR) is 123 cm³/mol. The Morgan fingerprint density at radius 1 is 0.969 bits per heavy atom. The summed E-state index contributed by atoms with van der Waals surface area (Å²) in [6, 6.07) is 18.0. The number of benzene rings is 2. The maximum absolute atomic E-state index is 13.5. The fraction of sp³-hybridized carbons (Fsp3) is 0.167. The Labute approximate surface area is 186 Å². The highest BCUT2D eigenvalue weighted by Crippen LogP contribution is 2.40. The zero-order valence-corrected chi connectivity index (χ0v) is 18.5. The summed E-state index contributed by atoms with van der Waals surface area (Å²) in [7, 11) is -3.84. The van der Waals surface area contributed by atoms with Gasteiger partial charge in [0.05, 0.1) is 10.6 Å². The van der Waals surface area contributed by atoms with E-state index < -0.39 is 10.0 Å². The first kappa shape index (κ1) is 20.3. The molecule has 0 aliphatic carbocycles. The minimum atomic E-state index is -3.84. The molecule has 0 radical (unpaired) electrons. The highest BCUT2D eigenvalue weighted by molar-refractivity contribution is 7.92. The van der Waals surface area contributed by atoms with Gasteiger partial charge in [0.1, 0.15) is 5.69 Å². The molecular formula is C24H22N4O3S. The molecule has 0 saturated carbocycles. The van der Waals surface area contributed by atoms with Gasteiger partial charge in [-0.05, 0) is 56.2 Å². The van der Waals surface area contributed by atoms with Crippen LogP contribution in [-0.4, -0.2) is 34.8 Å². The van der Waals surface area contributed by atoms with Gasteiger partial charge in [0.15, 0.2) is 5.82 Å². The number of sulfonamides is 1. The molecule has 0 fully saturated rings. The molecule has 0 bridgehead atoms. The van der Waals surface area contributed by atoms with Crippen molar-refractivity contribution in [2.45, 2.75) is 25.2 Å². The first-order valence-corrected chi connectivity index (χ1v) is 11.7. The lowest BCUT2D eigenvalue weighted by Crippen LogP contribution is -2.33. The van der Waals surface area contributed by atoms with Gasteiger partial charge in [-0.2, -0.15) is 5.10 Å². The first-order valence-electron chi connectivity index (χ1n) is 10.3. The molecule has 2 aromatic heterocycles. The Kier molecular flexibility index (Phi) is 4.74. The Morgan fingerprint density at radius 3 is 2.47 bits per heavy atom. The minimum Gasteiger partial charge on any atom is -0.493 e. The second-order valence-electron chi connectivity index (χ2n) is 7.86. The summed E-state index contributed by atoms with van der Waals surface area (Å²) in [5.74, 6) is 0.319. The molecule has 1 aliphatic heterocycles. The van der Waals surface area contributed by atoms with Crippen molar-refractivity contribution in [1.82, 2.24) is 14.8 Å². The lowest BCUT2D eigenvalue weighted by atomic mass is 10.1. The second-order valence-corrected chi connectivity index (χ2v) is 9.73. The molecule has 0 atom stereocenters. The van der Waals surface area contributed by atoms with Gasteiger partial charge >= 0.3 is 0 Å². The molecule has 162 valence electrons. The number of hydrogen-bond acceptors (Lipinski definition) is 5. The van der Waals surface area contributed by atoms with Gasteiger partial charge in [0, 0.05) is 23.9 Å². The van der Waals surface area contributed by atoms with Crippen LogP contribution in [0.25, 0.3) is 16.9 Å². The Bertz CT molecular complexity index is 1430. The average molecular weight is 447 g/mol. The van der Waals surface area contributed by atoms with E-state index in [-0.39, 0.29) is 17.3 Å². The van der Waals surface area contributed by atoms with Crippen molar-refractivity contribution in [3.8, 4) is 22.8 Å². The normalized spacial score (nSPS) is 13.4. The van der Waals surface area contributed by atoms with E-state index in [2.05, 4.69) is 10.1 Å². The van der Waals surface area contributed by atoms with E-state index >= 15 is 0 Å². The lowest BCUT2D eigenvalue weighted by molar-refractivity contribution is 0.427. The molecule has 0 saturated heterocycles. The van der Waals surface area contributed by atoms with Crippen LogP contribution in [0.3, 0.4) is 0 Å². The van der Waals surface area contributed by atoms with Gasteiger partial charge in [-0.25, -0.2) is 22.4 Å². The van der Waals surface area contributed by atoms with Crippen molar-refractivity contribution in [1.29, 1.82) is 0 Å². The summed E-state index contributed by atoms with van der Waals surface area (Å²) >= 11 is 0. The van der Waals surface area contributed by atoms with E-state index in [9.17, 15) is 13.5 Å². The number of para-hydroxylation sites is 1. The largest absolute Gasteiger partial charge is 0.493 e. The number of rotatable bonds is 3. The van der Waals surface area contributed by atoms with Crippen molar-refractivity contribution >= 4 is 15.8 Å². The van der Waals surface area contributed by atoms with Crippen molar-refractivity contribution in [3.63, 3.8) is 0 Å². The molecule has 3 heterocycles. The summed E-state index contributed by atoms with van der Waals surface area (Å²) in [5, 5.41) is 15.7. The van der Waals surface area contributed by atoms with Gasteiger partial charge in [-0.15, -0.1) is 0 Å². The van der Waals surface area contributed by atoms with E-state index in [1.807, 2.05) is 38.1 Å². The number of aromatic hydroxyl groups is 1. The maximum atomic E-state index is 13.5. The third kappa shape index (κ3) is 3.15. The van der Waals surface area contributed by atoms with Crippen LogP contribution in [0.15, 0.2) is 71.8 Å². The molecule has 32 heavy (non-hydrogen) atoms. The van der Waals surface area contributed by atoms with Crippen molar-refractivity contribution in [2.24, 2.45) is 0 Å². The summed E-state index contributed by atoms with van der Waals surface area (Å²) < 4.78 is 29.8. The third-order valence-corrected chi connectivity index (χ3v) is 7.56. The molecule has 0 amide bonds. The van der Waals surface area contributed by atoms with Gasteiger partial charge in [-0.3, -0.25) is 0 Å². The molecule has 0 spiro atoms. The fourth-order valence-electron chi connectivity index (χ4n) is 4.03. The molecule has 1 N–H and O–H groups in total. The van der Waals surface area contributed by atoms with Crippen LogP contribution in [0.2, 0.25) is 0 Å². The van der Waals surface area contributed by atoms with Gasteiger partial charge in [0.25, 0.3) is 10.0 Å². The van der Waals surface area contributed by atoms with Crippen LogP contribution < -0.4 is 4.31 Å². The van der Waals surface area contributed by atoms with E-state index in [0.29, 0.717) is 29.1 Å².